The van der Waals surface area contributed by atoms with Gasteiger partial charge < -0.3 is 10.1 Å². The Morgan fingerprint density at radius 1 is 1.03 bits per heavy atom. The van der Waals surface area contributed by atoms with Crippen LogP contribution in [0.5, 0.6) is 5.88 Å². The number of ether oxygens (including phenoxy) is 1. The highest BCUT2D eigenvalue weighted by molar-refractivity contribution is 5.96. The predicted octanol–water partition coefficient (Wildman–Crippen LogP) is 4.82. The molecule has 33 heavy (non-hydrogen) atoms. The minimum atomic E-state index is -0.315. The van der Waals surface area contributed by atoms with Gasteiger partial charge in [-0.15, -0.1) is 0 Å². The summed E-state index contributed by atoms with van der Waals surface area (Å²) < 4.78 is 7.52. The summed E-state index contributed by atoms with van der Waals surface area (Å²) in [6.45, 7) is 7.37. The number of carbonyl (C=O) groups is 2. The lowest BCUT2D eigenvalue weighted by atomic mass is 10.1. The molecule has 0 saturated heterocycles. The molecule has 1 N–H and O–H groups in total. The van der Waals surface area contributed by atoms with E-state index in [2.05, 4.69) is 34.5 Å². The van der Waals surface area contributed by atoms with Crippen LogP contribution < -0.4 is 10.1 Å². The molecule has 0 atom stereocenters. The molecule has 2 aromatic heterocycles. The molecule has 0 saturated carbocycles. The monoisotopic (exact) mass is 442 g/mol. The molecule has 0 aliphatic heterocycles. The van der Waals surface area contributed by atoms with Gasteiger partial charge >= 0.3 is 0 Å². The van der Waals surface area contributed by atoms with Gasteiger partial charge in [0.15, 0.2) is 18.0 Å². The van der Waals surface area contributed by atoms with Crippen molar-refractivity contribution in [2.45, 2.75) is 34.1 Å². The number of benzene rings is 2. The SMILES string of the molecule is CCc1ccc(-n2nc(C)c3c(C)cc(OCC(=O)Nc4ccc(C(C)=O)cc4)nc32)cc1. The van der Waals surface area contributed by atoms with Gasteiger partial charge in [0.1, 0.15) is 0 Å². The minimum Gasteiger partial charge on any atom is -0.467 e. The molecule has 1 amide bonds. The first kappa shape index (κ1) is 22.2. The Balaban J connectivity index is 1.53. The van der Waals surface area contributed by atoms with E-state index in [4.69, 9.17) is 4.74 Å². The van der Waals surface area contributed by atoms with E-state index in [1.807, 2.05) is 32.0 Å². The second-order valence-corrected chi connectivity index (χ2v) is 7.96. The van der Waals surface area contributed by atoms with Crippen LogP contribution in [0.4, 0.5) is 5.69 Å². The van der Waals surface area contributed by atoms with Crippen molar-refractivity contribution in [2.24, 2.45) is 0 Å². The van der Waals surface area contributed by atoms with Crippen molar-refractivity contribution in [1.29, 1.82) is 0 Å². The number of amides is 1. The average molecular weight is 443 g/mol. The molecular formula is C26H26N4O3. The Bertz CT molecular complexity index is 1320. The summed E-state index contributed by atoms with van der Waals surface area (Å²) in [7, 11) is 0. The molecule has 7 heteroatoms. The highest BCUT2D eigenvalue weighted by Gasteiger charge is 2.15. The van der Waals surface area contributed by atoms with Crippen LogP contribution >= 0.6 is 0 Å². The number of nitrogens with zero attached hydrogens (tertiary/aromatic N) is 3. The van der Waals surface area contributed by atoms with Crippen LogP contribution in [0.3, 0.4) is 0 Å². The molecular weight excluding hydrogens is 416 g/mol. The fourth-order valence-corrected chi connectivity index (χ4v) is 3.73. The molecule has 0 bridgehead atoms. The fraction of sp³-hybridized carbons (Fsp3) is 0.231. The van der Waals surface area contributed by atoms with Crippen LogP contribution in [0.1, 0.15) is 41.0 Å². The van der Waals surface area contributed by atoms with Crippen LogP contribution in [0.2, 0.25) is 0 Å². The number of anilines is 1. The molecule has 0 aliphatic carbocycles. The van der Waals surface area contributed by atoms with Gasteiger partial charge in [0.05, 0.1) is 11.4 Å². The first-order valence-electron chi connectivity index (χ1n) is 10.9. The van der Waals surface area contributed by atoms with Crippen molar-refractivity contribution in [3.63, 3.8) is 0 Å². The second kappa shape index (κ2) is 9.24. The Kier molecular flexibility index (Phi) is 6.22. The maximum atomic E-state index is 12.4. The van der Waals surface area contributed by atoms with Crippen LogP contribution in [-0.2, 0) is 11.2 Å². The quantitative estimate of drug-likeness (QED) is 0.415. The summed E-state index contributed by atoms with van der Waals surface area (Å²) >= 11 is 0. The topological polar surface area (TPSA) is 86.1 Å². The van der Waals surface area contributed by atoms with Crippen molar-refractivity contribution in [3.05, 3.63) is 77.0 Å². The van der Waals surface area contributed by atoms with Crippen molar-refractivity contribution >= 4 is 28.4 Å². The normalized spacial score (nSPS) is 10.9. The van der Waals surface area contributed by atoms with E-state index in [0.29, 0.717) is 22.8 Å². The summed E-state index contributed by atoms with van der Waals surface area (Å²) in [5.41, 5.74) is 5.90. The smallest absolute Gasteiger partial charge is 0.262 e. The second-order valence-electron chi connectivity index (χ2n) is 7.96. The maximum Gasteiger partial charge on any atom is 0.262 e. The molecule has 0 spiro atoms. The van der Waals surface area contributed by atoms with E-state index in [1.54, 1.807) is 28.9 Å². The Morgan fingerprint density at radius 3 is 2.36 bits per heavy atom. The number of nitrogens with one attached hydrogen (secondary N) is 1. The highest BCUT2D eigenvalue weighted by atomic mass is 16.5. The van der Waals surface area contributed by atoms with Crippen molar-refractivity contribution < 1.29 is 14.3 Å². The number of hydrogen-bond donors (Lipinski definition) is 1. The van der Waals surface area contributed by atoms with Crippen LogP contribution in [0.15, 0.2) is 54.6 Å². The number of fused-ring (bicyclic) bond motifs is 1. The third-order valence-corrected chi connectivity index (χ3v) is 5.50. The number of rotatable bonds is 7. The van der Waals surface area contributed by atoms with E-state index >= 15 is 0 Å². The standard InChI is InChI=1S/C26H26N4O3/c1-5-19-6-12-22(13-7-19)30-26-25(17(3)29-30)16(2)14-24(28-26)33-15-23(32)27-21-10-8-20(9-11-21)18(4)31/h6-14H,5,15H2,1-4H3,(H,27,32). The predicted molar refractivity (Wildman–Crippen MR) is 128 cm³/mol. The summed E-state index contributed by atoms with van der Waals surface area (Å²) in [5.74, 6) is 0.0159. The van der Waals surface area contributed by atoms with E-state index in [-0.39, 0.29) is 18.3 Å². The number of Topliss-reactive ketones (excluding diaryl/α,β-unsaturated/α-hetero) is 1. The Hall–Kier alpha value is -4.00. The molecule has 0 unspecified atom stereocenters. The van der Waals surface area contributed by atoms with Crippen LogP contribution in [-0.4, -0.2) is 33.1 Å². The van der Waals surface area contributed by atoms with E-state index in [1.165, 1.54) is 12.5 Å². The molecule has 4 aromatic rings. The van der Waals surface area contributed by atoms with Gasteiger partial charge in [-0.2, -0.15) is 10.1 Å². The lowest BCUT2D eigenvalue weighted by molar-refractivity contribution is -0.118. The number of hydrogen-bond acceptors (Lipinski definition) is 5. The third kappa shape index (κ3) is 4.77. The highest BCUT2D eigenvalue weighted by Crippen LogP contribution is 2.27. The van der Waals surface area contributed by atoms with Gasteiger partial charge in [-0.3, -0.25) is 9.59 Å². The first-order valence-corrected chi connectivity index (χ1v) is 10.9. The number of pyridine rings is 1. The lowest BCUT2D eigenvalue weighted by Gasteiger charge is -2.09. The number of aryl methyl sites for hydroxylation is 3. The largest absolute Gasteiger partial charge is 0.467 e. The molecule has 168 valence electrons. The van der Waals surface area contributed by atoms with E-state index < -0.39 is 0 Å². The zero-order chi connectivity index (χ0) is 23.5. The first-order chi connectivity index (χ1) is 15.9. The van der Waals surface area contributed by atoms with Gasteiger partial charge in [-0.1, -0.05) is 19.1 Å². The van der Waals surface area contributed by atoms with Gasteiger partial charge in [-0.05, 0) is 74.7 Å². The minimum absolute atomic E-state index is 0.0242. The van der Waals surface area contributed by atoms with Crippen molar-refractivity contribution in [2.75, 3.05) is 11.9 Å². The third-order valence-electron chi connectivity index (χ3n) is 5.50. The molecule has 2 heterocycles. The molecule has 4 rings (SSSR count). The molecule has 2 aromatic carbocycles. The average Bonchev–Trinajstić information content (AvgIpc) is 3.15. The van der Waals surface area contributed by atoms with Crippen LogP contribution in [0, 0.1) is 13.8 Å². The molecule has 0 radical (unpaired) electrons. The zero-order valence-electron chi connectivity index (χ0n) is 19.2. The van der Waals surface area contributed by atoms with Gasteiger partial charge in [0, 0.05) is 22.7 Å². The summed E-state index contributed by atoms with van der Waals surface area (Å²) in [4.78, 5) is 28.4. The number of ketones is 1. The van der Waals surface area contributed by atoms with Crippen molar-refractivity contribution in [1.82, 2.24) is 14.8 Å². The number of aromatic nitrogens is 3. The van der Waals surface area contributed by atoms with Gasteiger partial charge in [0.25, 0.3) is 5.91 Å². The zero-order valence-corrected chi connectivity index (χ0v) is 19.2. The van der Waals surface area contributed by atoms with Gasteiger partial charge in [0.2, 0.25) is 5.88 Å². The molecule has 0 aliphatic rings. The van der Waals surface area contributed by atoms with Crippen molar-refractivity contribution in [3.8, 4) is 11.6 Å². The Labute approximate surface area is 192 Å². The van der Waals surface area contributed by atoms with E-state index in [0.717, 1.165) is 28.8 Å². The summed E-state index contributed by atoms with van der Waals surface area (Å²) in [6, 6.07) is 16.8. The van der Waals surface area contributed by atoms with Gasteiger partial charge in [-0.25, -0.2) is 4.68 Å². The maximum absolute atomic E-state index is 12.4. The number of carbonyl (C=O) groups excluding carboxylic acids is 2. The lowest BCUT2D eigenvalue weighted by Crippen LogP contribution is -2.20. The summed E-state index contributed by atoms with van der Waals surface area (Å²) in [5, 5.41) is 8.41. The van der Waals surface area contributed by atoms with Crippen LogP contribution in [0.25, 0.3) is 16.7 Å². The Morgan fingerprint density at radius 2 is 1.73 bits per heavy atom. The van der Waals surface area contributed by atoms with E-state index in [9.17, 15) is 9.59 Å². The summed E-state index contributed by atoms with van der Waals surface area (Å²) in [6.07, 6.45) is 0.970. The molecule has 0 fully saturated rings. The fourth-order valence-electron chi connectivity index (χ4n) is 3.73. The molecule has 7 nitrogen and oxygen atoms in total.